The number of benzene rings is 4. The molecule has 1 heterocycles. The van der Waals surface area contributed by atoms with Crippen LogP contribution in [-0.2, 0) is 0 Å². The number of halogens is 1. The number of hydrogen-bond acceptors (Lipinski definition) is 3. The van der Waals surface area contributed by atoms with Crippen LogP contribution in [0.15, 0.2) is 120 Å². The molecule has 32 heavy (non-hydrogen) atoms. The Balaban J connectivity index is 1.69. The van der Waals surface area contributed by atoms with Crippen LogP contribution in [0.2, 0.25) is 5.02 Å². The van der Waals surface area contributed by atoms with Gasteiger partial charge in [0, 0.05) is 10.6 Å². The molecule has 0 bridgehead atoms. The summed E-state index contributed by atoms with van der Waals surface area (Å²) in [6.07, 6.45) is 0. The molecule has 2 atom stereocenters. The minimum Gasteiger partial charge on any atom is -0.293 e. The van der Waals surface area contributed by atoms with Gasteiger partial charge in [0.2, 0.25) is 0 Å². The molecule has 0 aliphatic carbocycles. The Morgan fingerprint density at radius 2 is 1.28 bits per heavy atom. The van der Waals surface area contributed by atoms with E-state index >= 15 is 0 Å². The summed E-state index contributed by atoms with van der Waals surface area (Å²) in [5, 5.41) is 7.62. The maximum atomic E-state index is 14.0. The minimum atomic E-state index is -0.471. The van der Waals surface area contributed by atoms with E-state index in [2.05, 4.69) is 12.1 Å². The van der Waals surface area contributed by atoms with Gasteiger partial charge >= 0.3 is 0 Å². The van der Waals surface area contributed by atoms with Crippen molar-refractivity contribution in [2.45, 2.75) is 6.04 Å². The third-order valence-electron chi connectivity index (χ3n) is 5.73. The van der Waals surface area contributed by atoms with Crippen molar-refractivity contribution < 1.29 is 4.79 Å². The van der Waals surface area contributed by atoms with Crippen LogP contribution in [0.4, 0.5) is 5.69 Å². The molecule has 0 amide bonds. The van der Waals surface area contributed by atoms with Gasteiger partial charge < -0.3 is 0 Å². The zero-order valence-electron chi connectivity index (χ0n) is 17.3. The quantitative estimate of drug-likeness (QED) is 0.322. The Hall–Kier alpha value is -3.69. The van der Waals surface area contributed by atoms with Gasteiger partial charge in [-0.05, 0) is 47.5 Å². The first-order valence-corrected chi connectivity index (χ1v) is 10.9. The van der Waals surface area contributed by atoms with Crippen molar-refractivity contribution in [1.82, 2.24) is 0 Å². The Morgan fingerprint density at radius 1 is 0.719 bits per heavy atom. The highest BCUT2D eigenvalue weighted by molar-refractivity contribution is 6.30. The van der Waals surface area contributed by atoms with Crippen LogP contribution in [0.3, 0.4) is 0 Å². The van der Waals surface area contributed by atoms with Gasteiger partial charge in [0.05, 0.1) is 23.4 Å². The highest BCUT2D eigenvalue weighted by Gasteiger charge is 2.44. The van der Waals surface area contributed by atoms with E-state index in [9.17, 15) is 4.79 Å². The predicted molar refractivity (Wildman–Crippen MR) is 130 cm³/mol. The molecule has 0 fully saturated rings. The van der Waals surface area contributed by atoms with E-state index in [0.29, 0.717) is 10.6 Å². The number of hydrogen-bond donors (Lipinski definition) is 0. The first-order chi connectivity index (χ1) is 15.7. The largest absolute Gasteiger partial charge is 0.293 e. The number of ketones is 1. The second-order valence-electron chi connectivity index (χ2n) is 7.74. The second kappa shape index (κ2) is 8.81. The number of anilines is 1. The molecule has 1 aliphatic rings. The van der Waals surface area contributed by atoms with E-state index < -0.39 is 5.92 Å². The summed E-state index contributed by atoms with van der Waals surface area (Å²) in [5.41, 5.74) is 4.32. The van der Waals surface area contributed by atoms with E-state index in [0.717, 1.165) is 22.5 Å². The Labute approximate surface area is 192 Å². The SMILES string of the molecule is O=C(c1ccc(Cl)cc1)[C@@H]1C(c2ccccc2)=NN(c2ccccc2)[C@H]1c1ccccc1. The lowest BCUT2D eigenvalue weighted by molar-refractivity contribution is 0.0944. The van der Waals surface area contributed by atoms with E-state index in [-0.39, 0.29) is 11.8 Å². The van der Waals surface area contributed by atoms with Crippen molar-refractivity contribution in [3.8, 4) is 0 Å². The van der Waals surface area contributed by atoms with Gasteiger partial charge in [0.15, 0.2) is 5.78 Å². The smallest absolute Gasteiger partial charge is 0.174 e. The van der Waals surface area contributed by atoms with Crippen molar-refractivity contribution in [1.29, 1.82) is 0 Å². The maximum absolute atomic E-state index is 14.0. The van der Waals surface area contributed by atoms with E-state index in [4.69, 9.17) is 16.7 Å². The van der Waals surface area contributed by atoms with Gasteiger partial charge in [-0.15, -0.1) is 0 Å². The summed E-state index contributed by atoms with van der Waals surface area (Å²) >= 11 is 6.09. The maximum Gasteiger partial charge on any atom is 0.174 e. The standard InChI is InChI=1S/C28H21ClN2O/c29-23-18-16-22(17-19-23)28(32)25-26(20-10-4-1-5-11-20)30-31(24-14-8-3-9-15-24)27(25)21-12-6-2-7-13-21/h1-19,25,27H/t25-,27+/m1/s1. The summed E-state index contributed by atoms with van der Waals surface area (Å²) in [7, 11) is 0. The summed E-state index contributed by atoms with van der Waals surface area (Å²) in [4.78, 5) is 14.0. The Morgan fingerprint density at radius 3 is 1.91 bits per heavy atom. The molecule has 1 aliphatic heterocycles. The molecule has 3 nitrogen and oxygen atoms in total. The molecule has 5 rings (SSSR count). The number of carbonyl (C=O) groups is 1. The molecule has 4 aromatic rings. The summed E-state index contributed by atoms with van der Waals surface area (Å²) in [6, 6.07) is 36.9. The highest BCUT2D eigenvalue weighted by Crippen LogP contribution is 2.42. The predicted octanol–water partition coefficient (Wildman–Crippen LogP) is 6.80. The van der Waals surface area contributed by atoms with Crippen molar-refractivity contribution >= 4 is 28.8 Å². The van der Waals surface area contributed by atoms with Crippen LogP contribution in [0.1, 0.15) is 27.5 Å². The second-order valence-corrected chi connectivity index (χ2v) is 8.17. The van der Waals surface area contributed by atoms with Gasteiger partial charge in [0.25, 0.3) is 0 Å². The summed E-state index contributed by atoms with van der Waals surface area (Å²) in [6.45, 7) is 0. The molecular formula is C28H21ClN2O. The molecule has 0 saturated heterocycles. The Bertz CT molecular complexity index is 1240. The average molecular weight is 437 g/mol. The van der Waals surface area contributed by atoms with Crippen molar-refractivity contribution in [3.63, 3.8) is 0 Å². The zero-order valence-corrected chi connectivity index (χ0v) is 18.1. The molecule has 0 spiro atoms. The highest BCUT2D eigenvalue weighted by atomic mass is 35.5. The topological polar surface area (TPSA) is 32.7 Å². The summed E-state index contributed by atoms with van der Waals surface area (Å²) < 4.78 is 0. The normalized spacial score (nSPS) is 17.8. The first-order valence-electron chi connectivity index (χ1n) is 10.6. The molecule has 0 N–H and O–H groups in total. The van der Waals surface area contributed by atoms with Crippen LogP contribution in [-0.4, -0.2) is 11.5 Å². The number of Topliss-reactive ketones (excluding diaryl/α,β-unsaturated/α-hetero) is 1. The molecule has 0 unspecified atom stereocenters. The number of nitrogens with zero attached hydrogens (tertiary/aromatic N) is 2. The third-order valence-corrected chi connectivity index (χ3v) is 5.98. The molecule has 4 heteroatoms. The lowest BCUT2D eigenvalue weighted by Crippen LogP contribution is -2.31. The lowest BCUT2D eigenvalue weighted by Gasteiger charge is -2.28. The minimum absolute atomic E-state index is 0.0246. The molecule has 156 valence electrons. The van der Waals surface area contributed by atoms with Gasteiger partial charge in [0.1, 0.15) is 0 Å². The van der Waals surface area contributed by atoms with Crippen LogP contribution < -0.4 is 5.01 Å². The lowest BCUT2D eigenvalue weighted by atomic mass is 9.81. The van der Waals surface area contributed by atoms with Crippen LogP contribution in [0, 0.1) is 5.92 Å². The van der Waals surface area contributed by atoms with Gasteiger partial charge in [-0.2, -0.15) is 5.10 Å². The van der Waals surface area contributed by atoms with Gasteiger partial charge in [-0.1, -0.05) is 90.5 Å². The zero-order chi connectivity index (χ0) is 21.9. The van der Waals surface area contributed by atoms with E-state index in [1.165, 1.54) is 0 Å². The summed E-state index contributed by atoms with van der Waals surface area (Å²) in [5.74, 6) is -0.447. The molecule has 0 saturated carbocycles. The van der Waals surface area contributed by atoms with E-state index in [1.54, 1.807) is 24.3 Å². The fraction of sp³-hybridized carbons (Fsp3) is 0.0714. The number of hydrazone groups is 1. The van der Waals surface area contributed by atoms with Gasteiger partial charge in [-0.3, -0.25) is 9.80 Å². The number of para-hydroxylation sites is 1. The molecule has 4 aromatic carbocycles. The van der Waals surface area contributed by atoms with Crippen LogP contribution in [0.25, 0.3) is 0 Å². The number of rotatable bonds is 5. The van der Waals surface area contributed by atoms with Crippen molar-refractivity contribution in [3.05, 3.63) is 137 Å². The third kappa shape index (κ3) is 3.83. The number of carbonyl (C=O) groups excluding carboxylic acids is 1. The van der Waals surface area contributed by atoms with Crippen molar-refractivity contribution in [2.24, 2.45) is 11.0 Å². The van der Waals surface area contributed by atoms with E-state index in [1.807, 2.05) is 83.9 Å². The Kier molecular flexibility index (Phi) is 5.57. The molecule has 0 aromatic heterocycles. The molecular weight excluding hydrogens is 416 g/mol. The average Bonchev–Trinajstić information content (AvgIpc) is 3.26. The van der Waals surface area contributed by atoms with Crippen LogP contribution in [0.5, 0.6) is 0 Å². The fourth-order valence-electron chi connectivity index (χ4n) is 4.22. The molecule has 0 radical (unpaired) electrons. The first kappa shape index (κ1) is 20.2. The van der Waals surface area contributed by atoms with Gasteiger partial charge in [-0.25, -0.2) is 0 Å². The van der Waals surface area contributed by atoms with Crippen molar-refractivity contribution in [2.75, 3.05) is 5.01 Å². The fourth-order valence-corrected chi connectivity index (χ4v) is 4.35. The van der Waals surface area contributed by atoms with Crippen LogP contribution >= 0.6 is 11.6 Å². The monoisotopic (exact) mass is 436 g/mol.